The van der Waals surface area contributed by atoms with E-state index in [0.717, 1.165) is 6.92 Å². The van der Waals surface area contributed by atoms with Crippen LogP contribution in [0.3, 0.4) is 0 Å². The molecule has 0 aromatic rings. The fraction of sp³-hybridized carbons (Fsp3) is 0.958. The summed E-state index contributed by atoms with van der Waals surface area (Å²) in [6.07, 6.45) is -39.8. The second-order valence-electron chi connectivity index (χ2n) is 12.1. The molecule has 4 rings (SSSR count). The van der Waals surface area contributed by atoms with Gasteiger partial charge in [-0.05, 0) is 6.92 Å². The van der Waals surface area contributed by atoms with E-state index in [1.165, 1.54) is 0 Å². The molecule has 47 heavy (non-hydrogen) atoms. The lowest BCUT2D eigenvalue weighted by molar-refractivity contribution is -0.558. The van der Waals surface area contributed by atoms with Crippen molar-refractivity contribution in [3.8, 4) is 0 Å². The molecule has 0 aliphatic carbocycles. The Morgan fingerprint density at radius 1 is 0.574 bits per heavy atom. The van der Waals surface area contributed by atoms with Crippen molar-refractivity contribution in [1.29, 1.82) is 0 Å². The average molecular weight is 697 g/mol. The fourth-order valence-corrected chi connectivity index (χ4v) is 6.58. The molecule has 4 fully saturated rings. The Kier molecular flexibility index (Phi) is 10.3. The van der Waals surface area contributed by atoms with Crippen LogP contribution in [-0.4, -0.2) is 231 Å². The van der Waals surface area contributed by atoms with Gasteiger partial charge in [-0.25, -0.2) is 0 Å². The molecular weight excluding hydrogens is 656 g/mol. The monoisotopic (exact) mass is 696 g/mol. The minimum Gasteiger partial charge on any atom is -0.394 e. The quantitative estimate of drug-likeness (QED) is 0.122. The van der Waals surface area contributed by atoms with Crippen LogP contribution in [0.2, 0.25) is 0 Å². The molecule has 0 radical (unpaired) electrons. The maximum atomic E-state index is 14.2. The molecule has 18 N–H and O–H groups in total. The summed E-state index contributed by atoms with van der Waals surface area (Å²) in [4.78, 5) is 14.2. The van der Waals surface area contributed by atoms with E-state index in [1.807, 2.05) is 0 Å². The van der Waals surface area contributed by atoms with Crippen molar-refractivity contribution in [3.05, 3.63) is 0 Å². The summed E-state index contributed by atoms with van der Waals surface area (Å²) < 4.78 is 19.9. The van der Waals surface area contributed by atoms with Gasteiger partial charge in [0.15, 0.2) is 18.0 Å². The van der Waals surface area contributed by atoms with Crippen LogP contribution in [0.1, 0.15) is 6.92 Å². The number of rotatable bonds is 6. The summed E-state index contributed by atoms with van der Waals surface area (Å²) in [5, 5.41) is 196. The summed E-state index contributed by atoms with van der Waals surface area (Å²) >= 11 is 0. The zero-order valence-electron chi connectivity index (χ0n) is 24.2. The molecule has 20 atom stereocenters. The van der Waals surface area contributed by atoms with Crippen molar-refractivity contribution in [1.82, 2.24) is 0 Å². The van der Waals surface area contributed by atoms with Crippen LogP contribution in [0.15, 0.2) is 0 Å². The molecular formula is C24H40O23. The maximum absolute atomic E-state index is 14.2. The maximum Gasteiger partial charge on any atom is 0.263 e. The third-order valence-electron chi connectivity index (χ3n) is 9.44. The number of aliphatic hydroxyl groups excluding tert-OH is 13. The highest BCUT2D eigenvalue weighted by Crippen LogP contribution is 2.58. The van der Waals surface area contributed by atoms with Crippen molar-refractivity contribution in [2.24, 2.45) is 0 Å². The van der Waals surface area contributed by atoms with Gasteiger partial charge in [0, 0.05) is 0 Å². The molecule has 4 saturated heterocycles. The first-order valence-electron chi connectivity index (χ1n) is 14.1. The highest BCUT2D eigenvalue weighted by molar-refractivity contribution is 5.94. The van der Waals surface area contributed by atoms with Crippen LogP contribution in [-0.2, 0) is 23.7 Å². The molecule has 274 valence electrons. The zero-order valence-corrected chi connectivity index (χ0v) is 24.2. The fourth-order valence-electron chi connectivity index (χ4n) is 6.58. The number of hydrogen-bond acceptors (Lipinski definition) is 23. The van der Waals surface area contributed by atoms with Crippen molar-refractivity contribution in [2.45, 2.75) is 127 Å². The van der Waals surface area contributed by atoms with Gasteiger partial charge in [-0.3, -0.25) is 4.79 Å². The standard InChI is InChI=1S/C24H40O23/c1-4-7(27)11(31)17(36)22(41,45-4)24(43)23(42,21(40)16(35)12(32)8(28)5(2-25)46-21)20(39,15(34)6(3-26)47-24)18(37)14-10(30)9(29)13(33)19(38)44-14/h4-17,19,25-36,38-43H,2-3H2,1H3/t4-,5+,6+,7-,8+,9?,10?,11+,12-,13?,14?,15-,16+,17+,19?,20+,21?,22?,23+,24?/m0/s1. The van der Waals surface area contributed by atoms with Crippen molar-refractivity contribution >= 4 is 5.78 Å². The summed E-state index contributed by atoms with van der Waals surface area (Å²) in [7, 11) is 0. The van der Waals surface area contributed by atoms with Gasteiger partial charge in [-0.2, -0.15) is 0 Å². The first kappa shape index (κ1) is 38.6. The van der Waals surface area contributed by atoms with Gasteiger partial charge in [-0.1, -0.05) is 0 Å². The average Bonchev–Trinajstić information content (AvgIpc) is 3.04. The molecule has 0 spiro atoms. The van der Waals surface area contributed by atoms with Gasteiger partial charge >= 0.3 is 0 Å². The minimum absolute atomic E-state index is 0.870. The molecule has 0 aromatic heterocycles. The number of carbonyl (C=O) groups excluding carboxylic acids is 1. The number of aliphatic hydroxyl groups is 18. The van der Waals surface area contributed by atoms with Gasteiger partial charge in [-0.15, -0.1) is 0 Å². The molecule has 4 aliphatic rings. The summed E-state index contributed by atoms with van der Waals surface area (Å²) in [5.41, 5.74) is -9.77. The normalized spacial score (nSPS) is 59.1. The Morgan fingerprint density at radius 2 is 1.09 bits per heavy atom. The second kappa shape index (κ2) is 12.5. The Hall–Kier alpha value is -1.21. The van der Waals surface area contributed by atoms with Gasteiger partial charge in [0.25, 0.3) is 11.6 Å². The lowest BCUT2D eigenvalue weighted by Gasteiger charge is -2.68. The summed E-state index contributed by atoms with van der Waals surface area (Å²) in [6.45, 7) is -2.21. The lowest BCUT2D eigenvalue weighted by atomic mass is 9.57. The Morgan fingerprint density at radius 3 is 1.62 bits per heavy atom. The van der Waals surface area contributed by atoms with Crippen LogP contribution in [0, 0.1) is 0 Å². The van der Waals surface area contributed by atoms with Crippen LogP contribution in [0.5, 0.6) is 0 Å². The molecule has 8 unspecified atom stereocenters. The van der Waals surface area contributed by atoms with E-state index in [4.69, 9.17) is 18.9 Å². The van der Waals surface area contributed by atoms with Crippen molar-refractivity contribution < 1.29 is 116 Å². The van der Waals surface area contributed by atoms with Crippen LogP contribution in [0.25, 0.3) is 0 Å². The van der Waals surface area contributed by atoms with Crippen LogP contribution in [0.4, 0.5) is 0 Å². The van der Waals surface area contributed by atoms with E-state index in [-0.39, 0.29) is 0 Å². The van der Waals surface area contributed by atoms with E-state index < -0.39 is 139 Å². The SMILES string of the molecule is C[C@@H]1OC(O)(C2(O)O[C@H](CO)[C@H](O)[C@@](O)(C(=O)C3OC(O)C(O)C(O)C3O)[C@@]2(O)C2(O)O[C@H](CO)[C@@H](O)[C@H](O)[C@H]2O)[C@H](O)[C@H](O)[C@H]1O. The number of hydrogen-bond donors (Lipinski definition) is 18. The lowest BCUT2D eigenvalue weighted by Crippen LogP contribution is -2.97. The molecule has 0 aromatic carbocycles. The smallest absolute Gasteiger partial charge is 0.263 e. The predicted octanol–water partition coefficient (Wildman–Crippen LogP) is -12.4. The first-order valence-corrected chi connectivity index (χ1v) is 14.1. The number of Topliss-reactive ketones (excluding diaryl/α,β-unsaturated/α-hetero) is 1. The summed E-state index contributed by atoms with van der Waals surface area (Å²) in [5.74, 6) is -16.1. The second-order valence-corrected chi connectivity index (χ2v) is 12.1. The minimum atomic E-state index is -5.06. The number of ketones is 1. The van der Waals surface area contributed by atoms with E-state index in [1.54, 1.807) is 0 Å². The van der Waals surface area contributed by atoms with E-state index in [2.05, 4.69) is 0 Å². The first-order chi connectivity index (χ1) is 21.5. The zero-order chi connectivity index (χ0) is 36.0. The van der Waals surface area contributed by atoms with Crippen molar-refractivity contribution in [3.63, 3.8) is 0 Å². The van der Waals surface area contributed by atoms with Gasteiger partial charge < -0.3 is 111 Å². The Labute approximate surface area is 262 Å². The van der Waals surface area contributed by atoms with E-state index in [0.29, 0.717) is 0 Å². The molecule has 23 heteroatoms. The van der Waals surface area contributed by atoms with Gasteiger partial charge in [0.05, 0.1) is 19.3 Å². The molecule has 0 saturated carbocycles. The highest BCUT2D eigenvalue weighted by Gasteiger charge is 2.90. The molecule has 4 aliphatic heterocycles. The van der Waals surface area contributed by atoms with Crippen molar-refractivity contribution in [2.75, 3.05) is 13.2 Å². The molecule has 4 heterocycles. The van der Waals surface area contributed by atoms with E-state index >= 15 is 0 Å². The number of carbonyl (C=O) groups is 1. The van der Waals surface area contributed by atoms with Gasteiger partial charge in [0.2, 0.25) is 17.2 Å². The van der Waals surface area contributed by atoms with Gasteiger partial charge in [0.1, 0.15) is 73.2 Å². The van der Waals surface area contributed by atoms with E-state index in [9.17, 15) is 96.7 Å². The molecule has 23 nitrogen and oxygen atoms in total. The molecule has 0 amide bonds. The number of ether oxygens (including phenoxy) is 4. The highest BCUT2D eigenvalue weighted by atomic mass is 16.8. The molecule has 0 bridgehead atoms. The summed E-state index contributed by atoms with van der Waals surface area (Å²) in [6, 6.07) is 0. The largest absolute Gasteiger partial charge is 0.394 e. The van der Waals surface area contributed by atoms with Crippen LogP contribution < -0.4 is 0 Å². The Balaban J connectivity index is 2.10. The predicted molar refractivity (Wildman–Crippen MR) is 135 cm³/mol. The topological polar surface area (TPSA) is 418 Å². The third kappa shape index (κ3) is 4.87. The van der Waals surface area contributed by atoms with Crippen LogP contribution >= 0.6 is 0 Å². The Bertz CT molecular complexity index is 1160. The third-order valence-corrected chi connectivity index (χ3v) is 9.44.